The molecule has 1 N–H and O–H groups in total. The third-order valence-corrected chi connectivity index (χ3v) is 3.82. The number of pyridine rings is 1. The third kappa shape index (κ3) is 4.02. The topological polar surface area (TPSA) is 79.5 Å². The highest BCUT2D eigenvalue weighted by molar-refractivity contribution is 6.31. The van der Waals surface area contributed by atoms with E-state index in [1.54, 1.807) is 37.7 Å². The molecule has 7 heteroatoms. The van der Waals surface area contributed by atoms with Gasteiger partial charge < -0.3 is 9.47 Å². The molecular formula is C19H15ClN4O2. The largest absolute Gasteiger partial charge is 0.493 e. The lowest BCUT2D eigenvalue weighted by Crippen LogP contribution is -1.98. The van der Waals surface area contributed by atoms with Gasteiger partial charge in [-0.05, 0) is 48.0 Å². The van der Waals surface area contributed by atoms with Crippen molar-refractivity contribution in [1.29, 1.82) is 5.26 Å². The minimum Gasteiger partial charge on any atom is -0.493 e. The molecule has 2 aromatic carbocycles. The van der Waals surface area contributed by atoms with Crippen molar-refractivity contribution in [2.24, 2.45) is 5.10 Å². The summed E-state index contributed by atoms with van der Waals surface area (Å²) < 4.78 is 10.6. The number of nitriles is 1. The summed E-state index contributed by atoms with van der Waals surface area (Å²) in [5, 5.41) is 14.4. The second-order valence-corrected chi connectivity index (χ2v) is 5.68. The zero-order valence-electron chi connectivity index (χ0n) is 13.9. The summed E-state index contributed by atoms with van der Waals surface area (Å²) >= 11 is 6.00. The molecule has 0 atom stereocenters. The van der Waals surface area contributed by atoms with Gasteiger partial charge >= 0.3 is 0 Å². The van der Waals surface area contributed by atoms with Gasteiger partial charge in [-0.25, -0.2) is 0 Å². The molecule has 0 bridgehead atoms. The summed E-state index contributed by atoms with van der Waals surface area (Å²) in [6.07, 6.45) is 3.36. The Bertz CT molecular complexity index is 998. The predicted octanol–water partition coefficient (Wildman–Crippen LogP) is 4.25. The number of hydrogen-bond acceptors (Lipinski definition) is 6. The molecule has 0 radical (unpaired) electrons. The van der Waals surface area contributed by atoms with E-state index in [1.165, 1.54) is 0 Å². The SMILES string of the molecule is COc1cc(/C=N\Nc2ccnc3cc(Cl)ccc23)ccc1OCC#N. The molecule has 3 rings (SSSR count). The molecule has 6 nitrogen and oxygen atoms in total. The maximum Gasteiger partial charge on any atom is 0.174 e. The minimum absolute atomic E-state index is 0.0372. The standard InChI is InChI=1S/C19H15ClN4O2/c1-25-19-10-13(2-5-18(19)26-9-7-21)12-23-24-16-6-8-22-17-11-14(20)3-4-15(16)17/h2-6,8,10-12H,9H2,1H3,(H,22,24)/b23-12-. The van der Waals surface area contributed by atoms with Crippen LogP contribution in [-0.2, 0) is 0 Å². The van der Waals surface area contributed by atoms with Crippen LogP contribution in [0.5, 0.6) is 11.5 Å². The van der Waals surface area contributed by atoms with Crippen molar-refractivity contribution in [1.82, 2.24) is 4.98 Å². The van der Waals surface area contributed by atoms with Gasteiger partial charge in [0, 0.05) is 16.6 Å². The lowest BCUT2D eigenvalue weighted by atomic mass is 10.2. The van der Waals surface area contributed by atoms with E-state index in [1.807, 2.05) is 30.3 Å². The first-order valence-electron chi connectivity index (χ1n) is 7.72. The highest BCUT2D eigenvalue weighted by Crippen LogP contribution is 2.28. The molecule has 3 aromatic rings. The van der Waals surface area contributed by atoms with Crippen LogP contribution in [0.15, 0.2) is 53.8 Å². The molecule has 0 saturated carbocycles. The molecule has 0 unspecified atom stereocenters. The average molecular weight is 367 g/mol. The highest BCUT2D eigenvalue weighted by Gasteiger charge is 2.05. The summed E-state index contributed by atoms with van der Waals surface area (Å²) in [5.41, 5.74) is 5.45. The van der Waals surface area contributed by atoms with Crippen LogP contribution in [0.1, 0.15) is 5.56 Å². The Morgan fingerprint density at radius 2 is 2.12 bits per heavy atom. The Morgan fingerprint density at radius 1 is 1.23 bits per heavy atom. The smallest absolute Gasteiger partial charge is 0.174 e. The number of methoxy groups -OCH3 is 1. The van der Waals surface area contributed by atoms with Crippen LogP contribution in [0.3, 0.4) is 0 Å². The van der Waals surface area contributed by atoms with Crippen LogP contribution >= 0.6 is 11.6 Å². The number of aromatic nitrogens is 1. The van der Waals surface area contributed by atoms with E-state index in [4.69, 9.17) is 26.3 Å². The molecule has 130 valence electrons. The van der Waals surface area contributed by atoms with E-state index >= 15 is 0 Å². The Morgan fingerprint density at radius 3 is 2.92 bits per heavy atom. The first kappa shape index (κ1) is 17.5. The van der Waals surface area contributed by atoms with Gasteiger partial charge in [-0.1, -0.05) is 11.6 Å². The number of fused-ring (bicyclic) bond motifs is 1. The van der Waals surface area contributed by atoms with Crippen LogP contribution in [0, 0.1) is 11.3 Å². The zero-order chi connectivity index (χ0) is 18.4. The van der Waals surface area contributed by atoms with Gasteiger partial charge in [-0.15, -0.1) is 0 Å². The molecule has 1 aromatic heterocycles. The molecule has 0 amide bonds. The maximum absolute atomic E-state index is 8.60. The van der Waals surface area contributed by atoms with E-state index in [0.717, 1.165) is 22.2 Å². The molecule has 0 saturated heterocycles. The summed E-state index contributed by atoms with van der Waals surface area (Å²) in [7, 11) is 1.54. The molecule has 0 fully saturated rings. The van der Waals surface area contributed by atoms with Gasteiger partial charge in [0.05, 0.1) is 24.5 Å². The van der Waals surface area contributed by atoms with Crippen LogP contribution in [0.4, 0.5) is 5.69 Å². The Labute approximate surface area is 155 Å². The van der Waals surface area contributed by atoms with E-state index in [0.29, 0.717) is 16.5 Å². The monoisotopic (exact) mass is 366 g/mol. The normalized spacial score (nSPS) is 10.7. The molecular weight excluding hydrogens is 352 g/mol. The number of nitrogens with zero attached hydrogens (tertiary/aromatic N) is 3. The van der Waals surface area contributed by atoms with Crippen molar-refractivity contribution in [3.8, 4) is 17.6 Å². The summed E-state index contributed by atoms with van der Waals surface area (Å²) in [6.45, 7) is -0.0372. The van der Waals surface area contributed by atoms with Crippen molar-refractivity contribution in [2.75, 3.05) is 19.1 Å². The molecule has 0 aliphatic heterocycles. The van der Waals surface area contributed by atoms with Gasteiger partial charge in [0.25, 0.3) is 0 Å². The van der Waals surface area contributed by atoms with E-state index in [-0.39, 0.29) is 6.61 Å². The number of anilines is 1. The molecule has 0 spiro atoms. The van der Waals surface area contributed by atoms with Crippen molar-refractivity contribution in [2.45, 2.75) is 0 Å². The number of nitrogens with one attached hydrogen (secondary N) is 1. The fraction of sp³-hybridized carbons (Fsp3) is 0.105. The maximum atomic E-state index is 8.60. The second-order valence-electron chi connectivity index (χ2n) is 5.25. The molecule has 0 aliphatic rings. The summed E-state index contributed by atoms with van der Waals surface area (Å²) in [6, 6.07) is 14.6. The summed E-state index contributed by atoms with van der Waals surface area (Å²) in [5.74, 6) is 1.05. The van der Waals surface area contributed by atoms with Gasteiger partial charge in [0.15, 0.2) is 18.1 Å². The minimum atomic E-state index is -0.0372. The van der Waals surface area contributed by atoms with Crippen LogP contribution in [0.25, 0.3) is 10.9 Å². The number of rotatable bonds is 6. The average Bonchev–Trinajstić information content (AvgIpc) is 2.66. The summed E-state index contributed by atoms with van der Waals surface area (Å²) in [4.78, 5) is 4.30. The Kier molecular flexibility index (Phi) is 5.52. The fourth-order valence-corrected chi connectivity index (χ4v) is 2.56. The first-order chi connectivity index (χ1) is 12.7. The zero-order valence-corrected chi connectivity index (χ0v) is 14.7. The van der Waals surface area contributed by atoms with Crippen LogP contribution in [0.2, 0.25) is 5.02 Å². The molecule has 1 heterocycles. The lowest BCUT2D eigenvalue weighted by molar-refractivity contribution is 0.329. The Balaban J connectivity index is 1.78. The van der Waals surface area contributed by atoms with E-state index in [2.05, 4.69) is 15.5 Å². The third-order valence-electron chi connectivity index (χ3n) is 3.58. The number of ether oxygens (including phenoxy) is 2. The van der Waals surface area contributed by atoms with E-state index in [9.17, 15) is 0 Å². The first-order valence-corrected chi connectivity index (χ1v) is 8.10. The van der Waals surface area contributed by atoms with Crippen molar-refractivity contribution >= 4 is 34.4 Å². The number of benzene rings is 2. The number of hydrazone groups is 1. The predicted molar refractivity (Wildman–Crippen MR) is 102 cm³/mol. The highest BCUT2D eigenvalue weighted by atomic mass is 35.5. The van der Waals surface area contributed by atoms with Crippen LogP contribution < -0.4 is 14.9 Å². The molecule has 26 heavy (non-hydrogen) atoms. The Hall–Kier alpha value is -3.30. The van der Waals surface area contributed by atoms with Gasteiger partial charge in [-0.2, -0.15) is 10.4 Å². The number of hydrogen-bond donors (Lipinski definition) is 1. The van der Waals surface area contributed by atoms with Crippen molar-refractivity contribution < 1.29 is 9.47 Å². The van der Waals surface area contributed by atoms with Crippen molar-refractivity contribution in [3.63, 3.8) is 0 Å². The van der Waals surface area contributed by atoms with Gasteiger partial charge in [0.1, 0.15) is 6.07 Å². The van der Waals surface area contributed by atoms with E-state index < -0.39 is 0 Å². The van der Waals surface area contributed by atoms with Gasteiger partial charge in [0.2, 0.25) is 0 Å². The van der Waals surface area contributed by atoms with Crippen LogP contribution in [-0.4, -0.2) is 24.9 Å². The number of halogens is 1. The fourth-order valence-electron chi connectivity index (χ4n) is 2.39. The quantitative estimate of drug-likeness (QED) is 0.521. The van der Waals surface area contributed by atoms with Gasteiger partial charge in [-0.3, -0.25) is 10.4 Å². The lowest BCUT2D eigenvalue weighted by Gasteiger charge is -2.09. The van der Waals surface area contributed by atoms with Crippen molar-refractivity contribution in [3.05, 3.63) is 59.2 Å². The molecule has 0 aliphatic carbocycles. The second kappa shape index (κ2) is 8.19.